The number of hydrogen-bond acceptors (Lipinski definition) is 2. The third-order valence-electron chi connectivity index (χ3n) is 2.27. The van der Waals surface area contributed by atoms with Crippen molar-refractivity contribution in [1.29, 1.82) is 0 Å². The average molecular weight is 199 g/mol. The Balaban J connectivity index is 2.81. The van der Waals surface area contributed by atoms with Crippen LogP contribution in [-0.4, -0.2) is 24.8 Å². The Morgan fingerprint density at radius 3 is 2.14 bits per heavy atom. The highest BCUT2D eigenvalue weighted by atomic mass is 16.2. The third-order valence-corrected chi connectivity index (χ3v) is 2.27. The molecular weight excluding hydrogens is 174 g/mol. The molecule has 0 amide bonds. The van der Waals surface area contributed by atoms with Crippen LogP contribution in [0.25, 0.3) is 0 Å². The Labute approximate surface area is 88.4 Å². The fourth-order valence-corrected chi connectivity index (χ4v) is 1.38. The molecule has 0 rings (SSSR count). The van der Waals surface area contributed by atoms with E-state index in [0.717, 1.165) is 32.4 Å². The second-order valence-electron chi connectivity index (χ2n) is 3.67. The zero-order valence-electron chi connectivity index (χ0n) is 9.30. The van der Waals surface area contributed by atoms with Crippen molar-refractivity contribution in [3.63, 3.8) is 0 Å². The van der Waals surface area contributed by atoms with Gasteiger partial charge in [-0.2, -0.15) is 0 Å². The molecule has 0 aromatic carbocycles. The van der Waals surface area contributed by atoms with E-state index >= 15 is 0 Å². The first kappa shape index (κ1) is 13.7. The molecule has 0 saturated carbocycles. The number of allylic oxidation sites excluding steroid dienone is 1. The second kappa shape index (κ2) is 12.7. The first-order chi connectivity index (χ1) is 6.91. The van der Waals surface area contributed by atoms with Crippen molar-refractivity contribution in [2.75, 3.05) is 19.7 Å². The van der Waals surface area contributed by atoms with Crippen molar-refractivity contribution in [2.24, 2.45) is 0 Å². The van der Waals surface area contributed by atoms with Gasteiger partial charge in [0.2, 0.25) is 0 Å². The lowest BCUT2D eigenvalue weighted by Crippen LogP contribution is -2.16. The molecule has 0 bridgehead atoms. The number of aliphatic hydroxyl groups excluding tert-OH is 1. The summed E-state index contributed by atoms with van der Waals surface area (Å²) in [6.45, 7) is 6.27. The van der Waals surface area contributed by atoms with E-state index in [2.05, 4.69) is 11.9 Å². The molecule has 0 saturated heterocycles. The quantitative estimate of drug-likeness (QED) is 0.396. The maximum atomic E-state index is 8.56. The summed E-state index contributed by atoms with van der Waals surface area (Å²) in [5, 5.41) is 12.0. The number of hydrogen-bond donors (Lipinski definition) is 2. The minimum Gasteiger partial charge on any atom is -0.396 e. The van der Waals surface area contributed by atoms with Crippen LogP contribution in [-0.2, 0) is 0 Å². The van der Waals surface area contributed by atoms with Gasteiger partial charge in [-0.25, -0.2) is 0 Å². The fraction of sp³-hybridized carbons (Fsp3) is 0.833. The van der Waals surface area contributed by atoms with Gasteiger partial charge in [-0.05, 0) is 51.6 Å². The summed E-state index contributed by atoms with van der Waals surface area (Å²) in [5.74, 6) is 0. The predicted octanol–water partition coefficient (Wildman–Crippen LogP) is 2.49. The van der Waals surface area contributed by atoms with Gasteiger partial charge in [-0.15, -0.1) is 6.58 Å². The van der Waals surface area contributed by atoms with Gasteiger partial charge in [-0.1, -0.05) is 12.5 Å². The monoisotopic (exact) mass is 199 g/mol. The molecule has 0 aliphatic rings. The highest BCUT2D eigenvalue weighted by molar-refractivity contribution is 4.65. The fourth-order valence-electron chi connectivity index (χ4n) is 1.38. The molecule has 0 atom stereocenters. The van der Waals surface area contributed by atoms with Gasteiger partial charge in [0.25, 0.3) is 0 Å². The Morgan fingerprint density at radius 2 is 1.57 bits per heavy atom. The van der Waals surface area contributed by atoms with Gasteiger partial charge in [0.05, 0.1) is 0 Å². The summed E-state index contributed by atoms with van der Waals surface area (Å²) < 4.78 is 0. The Morgan fingerprint density at radius 1 is 0.929 bits per heavy atom. The molecule has 2 heteroatoms. The molecular formula is C12H25NO. The molecule has 0 unspecified atom stereocenters. The lowest BCUT2D eigenvalue weighted by Gasteiger charge is -2.03. The van der Waals surface area contributed by atoms with Crippen LogP contribution in [0.1, 0.15) is 44.9 Å². The molecule has 0 aromatic heterocycles. The first-order valence-electron chi connectivity index (χ1n) is 5.84. The van der Waals surface area contributed by atoms with Gasteiger partial charge in [0.1, 0.15) is 0 Å². The van der Waals surface area contributed by atoms with Crippen molar-refractivity contribution >= 4 is 0 Å². The minimum absolute atomic E-state index is 0.335. The van der Waals surface area contributed by atoms with Gasteiger partial charge in [0.15, 0.2) is 0 Å². The lowest BCUT2D eigenvalue weighted by atomic mass is 10.2. The zero-order valence-corrected chi connectivity index (χ0v) is 9.30. The second-order valence-corrected chi connectivity index (χ2v) is 3.67. The van der Waals surface area contributed by atoms with Gasteiger partial charge in [0, 0.05) is 6.61 Å². The topological polar surface area (TPSA) is 32.3 Å². The SMILES string of the molecule is C=CCCCCCNCCCCCO. The van der Waals surface area contributed by atoms with Crippen LogP contribution in [0.2, 0.25) is 0 Å². The first-order valence-corrected chi connectivity index (χ1v) is 5.84. The molecule has 0 radical (unpaired) electrons. The summed E-state index contributed by atoms with van der Waals surface area (Å²) >= 11 is 0. The van der Waals surface area contributed by atoms with Crippen molar-refractivity contribution < 1.29 is 5.11 Å². The Bertz CT molecular complexity index is 115. The summed E-state index contributed by atoms with van der Waals surface area (Å²) in [4.78, 5) is 0. The molecule has 14 heavy (non-hydrogen) atoms. The highest BCUT2D eigenvalue weighted by Crippen LogP contribution is 1.99. The molecule has 84 valence electrons. The van der Waals surface area contributed by atoms with Crippen LogP contribution in [0.3, 0.4) is 0 Å². The van der Waals surface area contributed by atoms with Gasteiger partial charge >= 0.3 is 0 Å². The average Bonchev–Trinajstić information content (AvgIpc) is 2.21. The molecule has 0 aliphatic heterocycles. The van der Waals surface area contributed by atoms with E-state index in [4.69, 9.17) is 5.11 Å². The van der Waals surface area contributed by atoms with Crippen LogP contribution in [0.15, 0.2) is 12.7 Å². The van der Waals surface area contributed by atoms with Crippen LogP contribution in [0, 0.1) is 0 Å². The van der Waals surface area contributed by atoms with Crippen molar-refractivity contribution in [3.05, 3.63) is 12.7 Å². The van der Waals surface area contributed by atoms with Crippen molar-refractivity contribution in [3.8, 4) is 0 Å². The number of rotatable bonds is 11. The smallest absolute Gasteiger partial charge is 0.0431 e. The molecule has 0 fully saturated rings. The maximum absolute atomic E-state index is 8.56. The summed E-state index contributed by atoms with van der Waals surface area (Å²) in [6, 6.07) is 0. The van der Waals surface area contributed by atoms with Gasteiger partial charge < -0.3 is 10.4 Å². The van der Waals surface area contributed by atoms with Crippen LogP contribution in [0.4, 0.5) is 0 Å². The van der Waals surface area contributed by atoms with Crippen LogP contribution in [0.5, 0.6) is 0 Å². The van der Waals surface area contributed by atoms with E-state index in [9.17, 15) is 0 Å². The lowest BCUT2D eigenvalue weighted by molar-refractivity contribution is 0.283. The molecule has 2 nitrogen and oxygen atoms in total. The number of nitrogens with one attached hydrogen (secondary N) is 1. The van der Waals surface area contributed by atoms with E-state index in [-0.39, 0.29) is 0 Å². The highest BCUT2D eigenvalue weighted by Gasteiger charge is 1.89. The predicted molar refractivity (Wildman–Crippen MR) is 62.5 cm³/mol. The largest absolute Gasteiger partial charge is 0.396 e. The van der Waals surface area contributed by atoms with E-state index in [1.807, 2.05) is 6.08 Å². The standard InChI is InChI=1S/C12H25NO/c1-2-3-4-5-7-10-13-11-8-6-9-12-14/h2,13-14H,1,3-12H2. The summed E-state index contributed by atoms with van der Waals surface area (Å²) in [5.41, 5.74) is 0. The van der Waals surface area contributed by atoms with Crippen LogP contribution >= 0.6 is 0 Å². The third kappa shape index (κ3) is 11.7. The molecule has 0 heterocycles. The van der Waals surface area contributed by atoms with E-state index in [1.165, 1.54) is 25.7 Å². The number of aliphatic hydroxyl groups is 1. The zero-order chi connectivity index (χ0) is 10.5. The Hall–Kier alpha value is -0.340. The van der Waals surface area contributed by atoms with Gasteiger partial charge in [-0.3, -0.25) is 0 Å². The minimum atomic E-state index is 0.335. The maximum Gasteiger partial charge on any atom is 0.0431 e. The molecule has 0 aromatic rings. The van der Waals surface area contributed by atoms with Crippen LogP contribution < -0.4 is 5.32 Å². The molecule has 0 spiro atoms. The number of unbranched alkanes of at least 4 members (excludes halogenated alkanes) is 5. The van der Waals surface area contributed by atoms with Crippen molar-refractivity contribution in [1.82, 2.24) is 5.32 Å². The van der Waals surface area contributed by atoms with E-state index in [1.54, 1.807) is 0 Å². The van der Waals surface area contributed by atoms with Crippen molar-refractivity contribution in [2.45, 2.75) is 44.9 Å². The molecule has 2 N–H and O–H groups in total. The summed E-state index contributed by atoms with van der Waals surface area (Å²) in [7, 11) is 0. The normalized spacial score (nSPS) is 10.4. The van der Waals surface area contributed by atoms with E-state index in [0.29, 0.717) is 6.61 Å². The summed E-state index contributed by atoms with van der Waals surface area (Å²) in [6.07, 6.45) is 10.3. The Kier molecular flexibility index (Phi) is 12.4. The van der Waals surface area contributed by atoms with E-state index < -0.39 is 0 Å². The molecule has 0 aliphatic carbocycles.